The number of hydrogen-bond acceptors (Lipinski definition) is 4. The van der Waals surface area contributed by atoms with Crippen LogP contribution in [0.5, 0.6) is 0 Å². The lowest BCUT2D eigenvalue weighted by Gasteiger charge is -2.29. The van der Waals surface area contributed by atoms with Gasteiger partial charge in [-0.3, -0.25) is 4.99 Å². The number of nitrogens with zero attached hydrogens (tertiary/aromatic N) is 3. The topological polar surface area (TPSA) is 61.8 Å². The molecule has 2 N–H and O–H groups in total. The average Bonchev–Trinajstić information content (AvgIpc) is 3.27. The highest BCUT2D eigenvalue weighted by atomic mass is 16.5. The van der Waals surface area contributed by atoms with Crippen LogP contribution in [0.3, 0.4) is 0 Å². The highest BCUT2D eigenvalue weighted by molar-refractivity contribution is 5.80. The van der Waals surface area contributed by atoms with Crippen LogP contribution in [-0.2, 0) is 11.3 Å². The summed E-state index contributed by atoms with van der Waals surface area (Å²) >= 11 is 0. The van der Waals surface area contributed by atoms with Crippen LogP contribution >= 0.6 is 0 Å². The van der Waals surface area contributed by atoms with Crippen LogP contribution < -0.4 is 15.5 Å². The zero-order valence-corrected chi connectivity index (χ0v) is 13.4. The summed E-state index contributed by atoms with van der Waals surface area (Å²) < 4.78 is 5.42. The Morgan fingerprint density at radius 2 is 2.23 bits per heavy atom. The molecule has 0 radical (unpaired) electrons. The van der Waals surface area contributed by atoms with Crippen molar-refractivity contribution in [2.45, 2.75) is 25.9 Å². The van der Waals surface area contributed by atoms with Crippen molar-refractivity contribution in [3.8, 4) is 0 Å². The van der Waals surface area contributed by atoms with Gasteiger partial charge in [-0.25, -0.2) is 4.98 Å². The predicted molar refractivity (Wildman–Crippen MR) is 88.2 cm³/mol. The van der Waals surface area contributed by atoms with Gasteiger partial charge >= 0.3 is 0 Å². The van der Waals surface area contributed by atoms with E-state index in [1.165, 1.54) is 12.0 Å². The van der Waals surface area contributed by atoms with Gasteiger partial charge in [0.1, 0.15) is 5.82 Å². The first-order chi connectivity index (χ1) is 10.8. The molecule has 22 heavy (non-hydrogen) atoms. The van der Waals surface area contributed by atoms with Crippen LogP contribution in [0.4, 0.5) is 5.82 Å². The summed E-state index contributed by atoms with van der Waals surface area (Å²) in [5, 5.41) is 6.84. The molecule has 0 aromatic carbocycles. The Bertz CT molecular complexity index is 527. The van der Waals surface area contributed by atoms with Gasteiger partial charge in [0, 0.05) is 44.5 Å². The molecule has 2 heterocycles. The summed E-state index contributed by atoms with van der Waals surface area (Å²) in [4.78, 5) is 11.2. The molecule has 6 heteroatoms. The van der Waals surface area contributed by atoms with E-state index in [-0.39, 0.29) is 0 Å². The van der Waals surface area contributed by atoms with E-state index < -0.39 is 0 Å². The molecule has 1 saturated carbocycles. The van der Waals surface area contributed by atoms with Crippen molar-refractivity contribution in [2.75, 3.05) is 38.3 Å². The van der Waals surface area contributed by atoms with Gasteiger partial charge < -0.3 is 20.3 Å². The number of aliphatic imine (C=N–C) groups is 1. The Morgan fingerprint density at radius 3 is 2.91 bits per heavy atom. The standard InChI is InChI=1S/C16H25N5O/c1-12-10-14(12)20-16(17-2)19-11-13-4-3-5-18-15(13)21-6-8-22-9-7-21/h3-5,12,14H,6-11H2,1-2H3,(H2,17,19,20). The van der Waals surface area contributed by atoms with Gasteiger partial charge in [0.05, 0.1) is 13.2 Å². The second kappa shape index (κ2) is 6.96. The summed E-state index contributed by atoms with van der Waals surface area (Å²) in [5.41, 5.74) is 1.19. The average molecular weight is 303 g/mol. The Hall–Kier alpha value is -1.82. The van der Waals surface area contributed by atoms with Crippen LogP contribution in [0.2, 0.25) is 0 Å². The maximum Gasteiger partial charge on any atom is 0.191 e. The number of morpholine rings is 1. The van der Waals surface area contributed by atoms with Crippen molar-refractivity contribution in [2.24, 2.45) is 10.9 Å². The van der Waals surface area contributed by atoms with Crippen LogP contribution in [0.15, 0.2) is 23.3 Å². The molecule has 1 aliphatic heterocycles. The third-order valence-corrected chi connectivity index (χ3v) is 4.28. The van der Waals surface area contributed by atoms with Gasteiger partial charge in [-0.2, -0.15) is 0 Å². The van der Waals surface area contributed by atoms with Crippen molar-refractivity contribution in [1.82, 2.24) is 15.6 Å². The van der Waals surface area contributed by atoms with E-state index in [1.807, 2.05) is 19.3 Å². The van der Waals surface area contributed by atoms with Crippen LogP contribution in [0.25, 0.3) is 0 Å². The third kappa shape index (κ3) is 3.68. The number of nitrogens with one attached hydrogen (secondary N) is 2. The Kier molecular flexibility index (Phi) is 4.77. The summed E-state index contributed by atoms with van der Waals surface area (Å²) in [5.74, 6) is 2.67. The van der Waals surface area contributed by atoms with Crippen molar-refractivity contribution in [1.29, 1.82) is 0 Å². The Labute approximate surface area is 132 Å². The summed E-state index contributed by atoms with van der Waals surface area (Å²) in [6, 6.07) is 4.68. The molecule has 120 valence electrons. The molecular formula is C16H25N5O. The largest absolute Gasteiger partial charge is 0.378 e. The SMILES string of the molecule is CN=C(NCc1cccnc1N1CCOCC1)NC1CC1C. The molecular weight excluding hydrogens is 278 g/mol. The molecule has 0 spiro atoms. The fraction of sp³-hybridized carbons (Fsp3) is 0.625. The van der Waals surface area contributed by atoms with Crippen LogP contribution in [0, 0.1) is 5.92 Å². The van der Waals surface area contributed by atoms with Gasteiger partial charge in [0.25, 0.3) is 0 Å². The van der Waals surface area contributed by atoms with E-state index in [0.717, 1.165) is 50.5 Å². The third-order valence-electron chi connectivity index (χ3n) is 4.28. The quantitative estimate of drug-likeness (QED) is 0.642. The molecule has 1 aromatic rings. The van der Waals surface area contributed by atoms with E-state index >= 15 is 0 Å². The Morgan fingerprint density at radius 1 is 1.45 bits per heavy atom. The predicted octanol–water partition coefficient (Wildman–Crippen LogP) is 0.992. The molecule has 2 aliphatic rings. The molecule has 0 bridgehead atoms. The van der Waals surface area contributed by atoms with Crippen molar-refractivity contribution in [3.63, 3.8) is 0 Å². The van der Waals surface area contributed by atoms with E-state index in [9.17, 15) is 0 Å². The molecule has 2 unspecified atom stereocenters. The van der Waals surface area contributed by atoms with Gasteiger partial charge in [0.15, 0.2) is 5.96 Å². The second-order valence-corrected chi connectivity index (χ2v) is 5.98. The lowest BCUT2D eigenvalue weighted by atomic mass is 10.2. The highest BCUT2D eigenvalue weighted by Crippen LogP contribution is 2.28. The van der Waals surface area contributed by atoms with E-state index in [1.54, 1.807) is 0 Å². The minimum Gasteiger partial charge on any atom is -0.378 e. The molecule has 1 saturated heterocycles. The van der Waals surface area contributed by atoms with E-state index in [2.05, 4.69) is 38.5 Å². The summed E-state index contributed by atoms with van der Waals surface area (Å²) in [7, 11) is 1.81. The smallest absolute Gasteiger partial charge is 0.191 e. The first-order valence-corrected chi connectivity index (χ1v) is 8.01. The molecule has 2 fully saturated rings. The van der Waals surface area contributed by atoms with E-state index in [4.69, 9.17) is 4.74 Å². The van der Waals surface area contributed by atoms with Gasteiger partial charge in [-0.1, -0.05) is 13.0 Å². The zero-order chi connectivity index (χ0) is 15.4. The number of guanidine groups is 1. The van der Waals surface area contributed by atoms with Crippen molar-refractivity contribution in [3.05, 3.63) is 23.9 Å². The minimum atomic E-state index is 0.568. The Balaban J connectivity index is 1.61. The molecule has 6 nitrogen and oxygen atoms in total. The molecule has 1 aliphatic carbocycles. The number of ether oxygens (including phenoxy) is 1. The monoisotopic (exact) mass is 303 g/mol. The first kappa shape index (κ1) is 15.1. The van der Waals surface area contributed by atoms with Gasteiger partial charge in [-0.05, 0) is 18.4 Å². The molecule has 3 rings (SSSR count). The lowest BCUT2D eigenvalue weighted by molar-refractivity contribution is 0.122. The molecule has 0 amide bonds. The molecule has 2 atom stereocenters. The van der Waals surface area contributed by atoms with Gasteiger partial charge in [-0.15, -0.1) is 0 Å². The number of rotatable bonds is 4. The summed E-state index contributed by atoms with van der Waals surface area (Å²) in [6.45, 7) is 6.32. The van der Waals surface area contributed by atoms with E-state index in [0.29, 0.717) is 6.04 Å². The van der Waals surface area contributed by atoms with Crippen LogP contribution in [-0.4, -0.2) is 50.3 Å². The number of anilines is 1. The summed E-state index contributed by atoms with van der Waals surface area (Å²) in [6.07, 6.45) is 3.08. The highest BCUT2D eigenvalue weighted by Gasteiger charge is 2.33. The normalized spacial score (nSPS) is 25.0. The van der Waals surface area contributed by atoms with Crippen molar-refractivity contribution >= 4 is 11.8 Å². The fourth-order valence-corrected chi connectivity index (χ4v) is 2.70. The fourth-order valence-electron chi connectivity index (χ4n) is 2.70. The first-order valence-electron chi connectivity index (χ1n) is 8.01. The second-order valence-electron chi connectivity index (χ2n) is 5.98. The van der Waals surface area contributed by atoms with Crippen LogP contribution in [0.1, 0.15) is 18.9 Å². The number of pyridine rings is 1. The van der Waals surface area contributed by atoms with Gasteiger partial charge in [0.2, 0.25) is 0 Å². The van der Waals surface area contributed by atoms with Crippen molar-refractivity contribution < 1.29 is 4.74 Å². The maximum atomic E-state index is 5.42. The number of hydrogen-bond donors (Lipinski definition) is 2. The minimum absolute atomic E-state index is 0.568. The zero-order valence-electron chi connectivity index (χ0n) is 13.4. The number of aromatic nitrogens is 1. The lowest BCUT2D eigenvalue weighted by Crippen LogP contribution is -2.40. The maximum absolute atomic E-state index is 5.42. The molecule has 1 aromatic heterocycles.